The Morgan fingerprint density at radius 3 is 2.85 bits per heavy atom. The summed E-state index contributed by atoms with van der Waals surface area (Å²) in [7, 11) is 0. The van der Waals surface area contributed by atoms with E-state index in [0.29, 0.717) is 12.3 Å². The monoisotopic (exact) mass is 373 g/mol. The number of ether oxygens (including phenoxy) is 1. The first kappa shape index (κ1) is 17.9. The third-order valence-corrected chi connectivity index (χ3v) is 6.34. The van der Waals surface area contributed by atoms with E-state index in [-0.39, 0.29) is 5.91 Å². The maximum Gasteiger partial charge on any atom is 0.226 e. The maximum absolute atomic E-state index is 12.3. The van der Waals surface area contributed by atoms with Gasteiger partial charge in [-0.1, -0.05) is 36.7 Å². The molecule has 6 heteroatoms. The van der Waals surface area contributed by atoms with Crippen molar-refractivity contribution in [2.45, 2.75) is 45.1 Å². The molecule has 1 amide bonds. The van der Waals surface area contributed by atoms with Gasteiger partial charge in [0.1, 0.15) is 0 Å². The number of fused-ring (bicyclic) bond motifs is 1. The molecule has 5 nitrogen and oxygen atoms in total. The molecule has 4 rings (SSSR count). The van der Waals surface area contributed by atoms with E-state index in [1.807, 2.05) is 0 Å². The van der Waals surface area contributed by atoms with Gasteiger partial charge in [0.25, 0.3) is 0 Å². The number of morpholine rings is 1. The summed E-state index contributed by atoms with van der Waals surface area (Å²) in [5.74, 6) is 0.669. The second-order valence-electron chi connectivity index (χ2n) is 7.47. The van der Waals surface area contributed by atoms with Crippen molar-refractivity contribution < 1.29 is 9.53 Å². The molecule has 1 saturated carbocycles. The minimum Gasteiger partial charge on any atom is -0.379 e. The van der Waals surface area contributed by atoms with Crippen molar-refractivity contribution in [1.29, 1.82) is 0 Å². The predicted molar refractivity (Wildman–Crippen MR) is 106 cm³/mol. The molecule has 0 spiro atoms. The summed E-state index contributed by atoms with van der Waals surface area (Å²) in [6, 6.07) is 6.42. The molecule has 0 radical (unpaired) electrons. The Bertz CT molecular complexity index is 749. The summed E-state index contributed by atoms with van der Waals surface area (Å²) < 4.78 is 6.55. The van der Waals surface area contributed by atoms with Crippen molar-refractivity contribution in [3.05, 3.63) is 23.8 Å². The van der Waals surface area contributed by atoms with Gasteiger partial charge in [-0.05, 0) is 36.5 Å². The molecule has 140 valence electrons. The fourth-order valence-corrected chi connectivity index (χ4v) is 4.91. The quantitative estimate of drug-likeness (QED) is 0.859. The Hall–Kier alpha value is -1.50. The second kappa shape index (κ2) is 8.46. The average molecular weight is 374 g/mol. The third-order valence-electron chi connectivity index (χ3n) is 5.41. The molecule has 1 aliphatic heterocycles. The number of nitrogens with one attached hydrogen (secondary N) is 1. The Morgan fingerprint density at radius 2 is 2.04 bits per heavy atom. The number of anilines is 1. The van der Waals surface area contributed by atoms with Gasteiger partial charge in [0, 0.05) is 26.1 Å². The normalized spacial score (nSPS) is 19.7. The lowest BCUT2D eigenvalue weighted by Gasteiger charge is -2.26. The Labute approximate surface area is 158 Å². The SMILES string of the molecule is O=C(CC1CCCCC1)Nc1nc2ccc(CN3CCOCC3)cc2s1. The van der Waals surface area contributed by atoms with Gasteiger partial charge in [-0.3, -0.25) is 9.69 Å². The molecule has 2 aromatic rings. The molecule has 0 unspecified atom stereocenters. The number of carbonyl (C=O) groups is 1. The zero-order valence-electron chi connectivity index (χ0n) is 15.2. The molecule has 2 heterocycles. The van der Waals surface area contributed by atoms with E-state index in [0.717, 1.165) is 48.2 Å². The van der Waals surface area contributed by atoms with Gasteiger partial charge in [0.05, 0.1) is 23.4 Å². The van der Waals surface area contributed by atoms with E-state index in [1.165, 1.54) is 37.7 Å². The summed E-state index contributed by atoms with van der Waals surface area (Å²) >= 11 is 1.58. The molecule has 1 N–H and O–H groups in total. The number of benzene rings is 1. The van der Waals surface area contributed by atoms with Crippen LogP contribution >= 0.6 is 11.3 Å². The van der Waals surface area contributed by atoms with E-state index in [1.54, 1.807) is 11.3 Å². The first-order valence-corrected chi connectivity index (χ1v) is 10.6. The molecule has 2 aliphatic rings. The smallest absolute Gasteiger partial charge is 0.226 e. The molecule has 26 heavy (non-hydrogen) atoms. The number of carbonyl (C=O) groups excluding carboxylic acids is 1. The van der Waals surface area contributed by atoms with Crippen LogP contribution in [0.5, 0.6) is 0 Å². The summed E-state index contributed by atoms with van der Waals surface area (Å²) in [5, 5.41) is 3.75. The van der Waals surface area contributed by atoms with Gasteiger partial charge >= 0.3 is 0 Å². The van der Waals surface area contributed by atoms with Crippen LogP contribution in [0.3, 0.4) is 0 Å². The number of hydrogen-bond acceptors (Lipinski definition) is 5. The van der Waals surface area contributed by atoms with Crippen LogP contribution in [0.2, 0.25) is 0 Å². The zero-order valence-corrected chi connectivity index (χ0v) is 16.0. The highest BCUT2D eigenvalue weighted by Gasteiger charge is 2.18. The highest BCUT2D eigenvalue weighted by Crippen LogP contribution is 2.29. The van der Waals surface area contributed by atoms with Gasteiger partial charge in [-0.25, -0.2) is 4.98 Å². The number of rotatable bonds is 5. The highest BCUT2D eigenvalue weighted by molar-refractivity contribution is 7.22. The molecule has 0 atom stereocenters. The summed E-state index contributed by atoms with van der Waals surface area (Å²) in [6.45, 7) is 4.56. The van der Waals surface area contributed by atoms with Crippen LogP contribution in [0, 0.1) is 5.92 Å². The molecule has 0 bridgehead atoms. The fraction of sp³-hybridized carbons (Fsp3) is 0.600. The minimum absolute atomic E-state index is 0.115. The minimum atomic E-state index is 0.115. The lowest BCUT2D eigenvalue weighted by atomic mass is 9.87. The molecule has 2 fully saturated rings. The molecule has 1 aromatic carbocycles. The van der Waals surface area contributed by atoms with Crippen LogP contribution in [0.1, 0.15) is 44.1 Å². The molecular formula is C20H27N3O2S. The molecular weight excluding hydrogens is 346 g/mol. The van der Waals surface area contributed by atoms with Gasteiger partial charge in [0.2, 0.25) is 5.91 Å². The summed E-state index contributed by atoms with van der Waals surface area (Å²) in [6.07, 6.45) is 6.88. The van der Waals surface area contributed by atoms with Gasteiger partial charge in [0.15, 0.2) is 5.13 Å². The van der Waals surface area contributed by atoms with Crippen LogP contribution in [0.25, 0.3) is 10.2 Å². The van der Waals surface area contributed by atoms with Crippen molar-refractivity contribution in [1.82, 2.24) is 9.88 Å². The van der Waals surface area contributed by atoms with Gasteiger partial charge < -0.3 is 10.1 Å². The summed E-state index contributed by atoms with van der Waals surface area (Å²) in [4.78, 5) is 19.3. The second-order valence-corrected chi connectivity index (χ2v) is 8.50. The summed E-state index contributed by atoms with van der Waals surface area (Å²) in [5.41, 5.74) is 2.26. The van der Waals surface area contributed by atoms with Crippen LogP contribution in [0.4, 0.5) is 5.13 Å². The first-order chi connectivity index (χ1) is 12.8. The number of nitrogens with zero attached hydrogens (tertiary/aromatic N) is 2. The van der Waals surface area contributed by atoms with Gasteiger partial charge in [-0.15, -0.1) is 0 Å². The predicted octanol–water partition coefficient (Wildman–Crippen LogP) is 4.04. The molecule has 1 aliphatic carbocycles. The number of aromatic nitrogens is 1. The van der Waals surface area contributed by atoms with Crippen LogP contribution in [0.15, 0.2) is 18.2 Å². The first-order valence-electron chi connectivity index (χ1n) is 9.76. The maximum atomic E-state index is 12.3. The van der Waals surface area contributed by atoms with E-state index in [4.69, 9.17) is 4.74 Å². The highest BCUT2D eigenvalue weighted by atomic mass is 32.1. The lowest BCUT2D eigenvalue weighted by molar-refractivity contribution is -0.117. The van der Waals surface area contributed by atoms with Crippen LogP contribution in [-0.2, 0) is 16.1 Å². The molecule has 1 aromatic heterocycles. The van der Waals surface area contributed by atoms with Crippen molar-refractivity contribution in [2.75, 3.05) is 31.6 Å². The third kappa shape index (κ3) is 4.61. The van der Waals surface area contributed by atoms with E-state index in [2.05, 4.69) is 33.4 Å². The molecule has 1 saturated heterocycles. The number of thiazole rings is 1. The van der Waals surface area contributed by atoms with Crippen molar-refractivity contribution in [3.8, 4) is 0 Å². The van der Waals surface area contributed by atoms with E-state index in [9.17, 15) is 4.79 Å². The average Bonchev–Trinajstić information content (AvgIpc) is 3.04. The van der Waals surface area contributed by atoms with Crippen LogP contribution < -0.4 is 5.32 Å². The topological polar surface area (TPSA) is 54.5 Å². The van der Waals surface area contributed by atoms with E-state index < -0.39 is 0 Å². The lowest BCUT2D eigenvalue weighted by Crippen LogP contribution is -2.35. The Balaban J connectivity index is 1.37. The standard InChI is InChI=1S/C20H27N3O2S/c24-19(13-15-4-2-1-3-5-15)22-20-21-17-7-6-16(12-18(17)26-20)14-23-8-10-25-11-9-23/h6-7,12,15H,1-5,8-11,13-14H2,(H,21,22,24). The number of amides is 1. The van der Waals surface area contributed by atoms with E-state index >= 15 is 0 Å². The van der Waals surface area contributed by atoms with Gasteiger partial charge in [-0.2, -0.15) is 0 Å². The van der Waals surface area contributed by atoms with Crippen LogP contribution in [-0.4, -0.2) is 42.1 Å². The van der Waals surface area contributed by atoms with Crippen molar-refractivity contribution in [2.24, 2.45) is 5.92 Å². The van der Waals surface area contributed by atoms with Crippen molar-refractivity contribution in [3.63, 3.8) is 0 Å². The van der Waals surface area contributed by atoms with Crippen molar-refractivity contribution >= 4 is 32.6 Å². The Kier molecular flexibility index (Phi) is 5.82. The largest absolute Gasteiger partial charge is 0.379 e. The number of hydrogen-bond donors (Lipinski definition) is 1. The fourth-order valence-electron chi connectivity index (χ4n) is 3.96. The Morgan fingerprint density at radius 1 is 1.23 bits per heavy atom. The zero-order chi connectivity index (χ0) is 17.8.